The summed E-state index contributed by atoms with van der Waals surface area (Å²) in [5.74, 6) is -1.63. The lowest BCUT2D eigenvalue weighted by Crippen LogP contribution is -2.36. The van der Waals surface area contributed by atoms with Gasteiger partial charge in [0.05, 0.1) is 13.2 Å². The SMILES string of the molecule is C#CNC(CCC1(C)OCCO1)C(=O)O. The maximum absolute atomic E-state index is 10.8. The number of hydrogen-bond donors (Lipinski definition) is 2. The molecule has 2 N–H and O–H groups in total. The van der Waals surface area contributed by atoms with Gasteiger partial charge in [0.15, 0.2) is 5.79 Å². The minimum atomic E-state index is -0.963. The van der Waals surface area contributed by atoms with Crippen LogP contribution in [0.1, 0.15) is 19.8 Å². The number of rotatable bonds is 5. The van der Waals surface area contributed by atoms with E-state index in [0.717, 1.165) is 0 Å². The van der Waals surface area contributed by atoms with E-state index in [0.29, 0.717) is 26.1 Å². The normalized spacial score (nSPS) is 20.5. The molecule has 0 aromatic rings. The second-order valence-electron chi connectivity index (χ2n) is 3.55. The van der Waals surface area contributed by atoms with Gasteiger partial charge in [-0.1, -0.05) is 6.42 Å². The fourth-order valence-electron chi connectivity index (χ4n) is 1.47. The summed E-state index contributed by atoms with van der Waals surface area (Å²) >= 11 is 0. The quantitative estimate of drug-likeness (QED) is 0.503. The Balaban J connectivity index is 2.39. The monoisotopic (exact) mass is 213 g/mol. The average molecular weight is 213 g/mol. The van der Waals surface area contributed by atoms with E-state index >= 15 is 0 Å². The summed E-state index contributed by atoms with van der Waals surface area (Å²) in [6.07, 6.45) is 5.87. The van der Waals surface area contributed by atoms with Crippen LogP contribution in [0.4, 0.5) is 0 Å². The van der Waals surface area contributed by atoms with Crippen LogP contribution in [0.3, 0.4) is 0 Å². The van der Waals surface area contributed by atoms with Crippen molar-refractivity contribution in [3.8, 4) is 12.5 Å². The van der Waals surface area contributed by atoms with E-state index in [1.807, 2.05) is 0 Å². The zero-order valence-electron chi connectivity index (χ0n) is 8.66. The molecule has 0 bridgehead atoms. The Morgan fingerprint density at radius 3 is 2.73 bits per heavy atom. The molecule has 1 aliphatic rings. The number of carbonyl (C=O) groups is 1. The Morgan fingerprint density at radius 2 is 2.27 bits per heavy atom. The molecule has 5 heteroatoms. The lowest BCUT2D eigenvalue weighted by Gasteiger charge is -2.23. The molecule has 0 amide bonds. The minimum absolute atomic E-state index is 0.371. The molecule has 0 aromatic carbocycles. The molecule has 1 rings (SSSR count). The first-order chi connectivity index (χ1) is 7.07. The predicted molar refractivity (Wildman–Crippen MR) is 52.9 cm³/mol. The summed E-state index contributed by atoms with van der Waals surface area (Å²) < 4.78 is 10.7. The van der Waals surface area contributed by atoms with Crippen molar-refractivity contribution in [1.82, 2.24) is 5.32 Å². The summed E-state index contributed by atoms with van der Waals surface area (Å²) in [4.78, 5) is 10.8. The van der Waals surface area contributed by atoms with Gasteiger partial charge < -0.3 is 19.9 Å². The fourth-order valence-corrected chi connectivity index (χ4v) is 1.47. The molecule has 1 fully saturated rings. The number of aliphatic carboxylic acids is 1. The van der Waals surface area contributed by atoms with Gasteiger partial charge in [0, 0.05) is 12.5 Å². The maximum Gasteiger partial charge on any atom is 0.326 e. The van der Waals surface area contributed by atoms with Crippen LogP contribution in [0.2, 0.25) is 0 Å². The first-order valence-electron chi connectivity index (χ1n) is 4.79. The first-order valence-corrected chi connectivity index (χ1v) is 4.79. The maximum atomic E-state index is 10.8. The van der Waals surface area contributed by atoms with Crippen LogP contribution in [0.25, 0.3) is 0 Å². The van der Waals surface area contributed by atoms with E-state index in [1.165, 1.54) is 0 Å². The minimum Gasteiger partial charge on any atom is -0.480 e. The molecular formula is C10H15NO4. The van der Waals surface area contributed by atoms with Crippen molar-refractivity contribution in [3.63, 3.8) is 0 Å². The van der Waals surface area contributed by atoms with E-state index in [1.54, 1.807) is 6.92 Å². The standard InChI is InChI=1S/C10H15NO4/c1-3-11-8(9(12)13)4-5-10(2)14-6-7-15-10/h1,8,11H,4-7H2,2H3,(H,12,13). The van der Waals surface area contributed by atoms with Gasteiger partial charge in [-0.05, 0) is 13.3 Å². The van der Waals surface area contributed by atoms with E-state index in [2.05, 4.69) is 11.4 Å². The molecule has 1 heterocycles. The Bertz CT molecular complexity index is 265. The average Bonchev–Trinajstić information content (AvgIpc) is 2.60. The topological polar surface area (TPSA) is 67.8 Å². The van der Waals surface area contributed by atoms with Crippen molar-refractivity contribution in [2.75, 3.05) is 13.2 Å². The Morgan fingerprint density at radius 1 is 1.67 bits per heavy atom. The third-order valence-corrected chi connectivity index (χ3v) is 2.34. The number of ether oxygens (including phenoxy) is 2. The molecule has 0 saturated carbocycles. The van der Waals surface area contributed by atoms with Gasteiger partial charge in [-0.2, -0.15) is 0 Å². The summed E-state index contributed by atoms with van der Waals surface area (Å²) in [5, 5.41) is 11.3. The van der Waals surface area contributed by atoms with Crippen molar-refractivity contribution < 1.29 is 19.4 Å². The Kier molecular flexibility index (Phi) is 3.95. The van der Waals surface area contributed by atoms with Crippen LogP contribution in [-0.4, -0.2) is 36.1 Å². The summed E-state index contributed by atoms with van der Waals surface area (Å²) in [5.41, 5.74) is 0. The molecule has 15 heavy (non-hydrogen) atoms. The van der Waals surface area contributed by atoms with Crippen LogP contribution < -0.4 is 5.32 Å². The third kappa shape index (κ3) is 3.42. The van der Waals surface area contributed by atoms with E-state index in [9.17, 15) is 4.79 Å². The molecule has 0 aromatic heterocycles. The smallest absolute Gasteiger partial charge is 0.326 e. The summed E-state index contributed by atoms with van der Waals surface area (Å²) in [6.45, 7) is 2.91. The highest BCUT2D eigenvalue weighted by atomic mass is 16.7. The van der Waals surface area contributed by atoms with Crippen molar-refractivity contribution >= 4 is 5.97 Å². The number of nitrogens with one attached hydrogen (secondary N) is 1. The number of hydrogen-bond acceptors (Lipinski definition) is 4. The van der Waals surface area contributed by atoms with Gasteiger partial charge in [-0.3, -0.25) is 0 Å². The second-order valence-corrected chi connectivity index (χ2v) is 3.55. The molecule has 5 nitrogen and oxygen atoms in total. The molecule has 0 radical (unpaired) electrons. The van der Waals surface area contributed by atoms with Crippen molar-refractivity contribution in [2.45, 2.75) is 31.6 Å². The van der Waals surface area contributed by atoms with Crippen LogP contribution in [-0.2, 0) is 14.3 Å². The highest BCUT2D eigenvalue weighted by Crippen LogP contribution is 2.24. The van der Waals surface area contributed by atoms with Gasteiger partial charge in [0.2, 0.25) is 0 Å². The Labute approximate surface area is 88.7 Å². The third-order valence-electron chi connectivity index (χ3n) is 2.34. The van der Waals surface area contributed by atoms with Crippen LogP contribution >= 0.6 is 0 Å². The molecule has 1 atom stereocenters. The lowest BCUT2D eigenvalue weighted by atomic mass is 10.1. The van der Waals surface area contributed by atoms with Crippen molar-refractivity contribution in [3.05, 3.63) is 0 Å². The Hall–Kier alpha value is -1.25. The van der Waals surface area contributed by atoms with Crippen LogP contribution in [0.15, 0.2) is 0 Å². The largest absolute Gasteiger partial charge is 0.480 e. The number of terminal acetylenes is 1. The van der Waals surface area contributed by atoms with E-state index in [-0.39, 0.29) is 0 Å². The highest BCUT2D eigenvalue weighted by Gasteiger charge is 2.32. The molecule has 1 saturated heterocycles. The molecule has 0 aliphatic carbocycles. The second kappa shape index (κ2) is 5.01. The van der Waals surface area contributed by atoms with Gasteiger partial charge in [-0.25, -0.2) is 4.79 Å². The zero-order chi connectivity index (χ0) is 11.3. The molecule has 84 valence electrons. The highest BCUT2D eigenvalue weighted by molar-refractivity contribution is 5.73. The predicted octanol–water partition coefficient (Wildman–Crippen LogP) is 0.163. The lowest BCUT2D eigenvalue weighted by molar-refractivity contribution is -0.152. The molecule has 0 spiro atoms. The van der Waals surface area contributed by atoms with Crippen LogP contribution in [0.5, 0.6) is 0 Å². The van der Waals surface area contributed by atoms with Gasteiger partial charge in [-0.15, -0.1) is 0 Å². The molecular weight excluding hydrogens is 198 g/mol. The van der Waals surface area contributed by atoms with Crippen molar-refractivity contribution in [2.24, 2.45) is 0 Å². The number of carboxylic acids is 1. The molecule has 1 unspecified atom stereocenters. The fraction of sp³-hybridized carbons (Fsp3) is 0.700. The van der Waals surface area contributed by atoms with E-state index < -0.39 is 17.8 Å². The van der Waals surface area contributed by atoms with Gasteiger partial charge >= 0.3 is 5.97 Å². The van der Waals surface area contributed by atoms with Crippen molar-refractivity contribution in [1.29, 1.82) is 0 Å². The summed E-state index contributed by atoms with van der Waals surface area (Å²) in [7, 11) is 0. The van der Waals surface area contributed by atoms with Crippen LogP contribution in [0, 0.1) is 12.5 Å². The first kappa shape index (κ1) is 11.8. The van der Waals surface area contributed by atoms with Gasteiger partial charge in [0.1, 0.15) is 6.04 Å². The summed E-state index contributed by atoms with van der Waals surface area (Å²) in [6, 6.07) is 1.37. The molecule has 1 aliphatic heterocycles. The zero-order valence-corrected chi connectivity index (χ0v) is 8.66. The number of carboxylic acid groups (broad SMARTS) is 1. The van der Waals surface area contributed by atoms with Gasteiger partial charge in [0.25, 0.3) is 0 Å². The van der Waals surface area contributed by atoms with E-state index in [4.69, 9.17) is 21.0 Å².